The Balaban J connectivity index is 1.50. The maximum atomic E-state index is 12.9. The zero-order chi connectivity index (χ0) is 25.1. The molecule has 35 heavy (non-hydrogen) atoms. The van der Waals surface area contributed by atoms with Crippen LogP contribution < -0.4 is 10.2 Å². The molecule has 2 aliphatic rings. The molecule has 1 aliphatic carbocycles. The van der Waals surface area contributed by atoms with E-state index < -0.39 is 41.5 Å². The smallest absolute Gasteiger partial charge is 0.343 e. The lowest BCUT2D eigenvalue weighted by Crippen LogP contribution is -2.77. The minimum absolute atomic E-state index is 0.0380. The van der Waals surface area contributed by atoms with Gasteiger partial charge in [0.2, 0.25) is 11.9 Å². The summed E-state index contributed by atoms with van der Waals surface area (Å²) in [6.07, 6.45) is -3.61. The van der Waals surface area contributed by atoms with Crippen LogP contribution >= 0.6 is 0 Å². The van der Waals surface area contributed by atoms with Gasteiger partial charge in [0.05, 0.1) is 10.9 Å². The maximum absolute atomic E-state index is 12.9. The van der Waals surface area contributed by atoms with E-state index in [0.717, 1.165) is 12.2 Å². The summed E-state index contributed by atoms with van der Waals surface area (Å²) in [6.45, 7) is 0. The number of phenolic OH excluding ortho intramolecular Hbond substituents is 1. The van der Waals surface area contributed by atoms with E-state index in [2.05, 4.69) is 0 Å². The first-order valence-electron chi connectivity index (χ1n) is 10.3. The fourth-order valence-corrected chi connectivity index (χ4v) is 4.24. The lowest BCUT2D eigenvalue weighted by atomic mass is 9.70. The molecular weight excluding hydrogens is 464 g/mol. The summed E-state index contributed by atoms with van der Waals surface area (Å²) in [5, 5.41) is 51.0. The third-order valence-electron chi connectivity index (χ3n) is 6.23. The van der Waals surface area contributed by atoms with Crippen LogP contribution in [0.25, 0.3) is 22.1 Å². The lowest BCUT2D eigenvalue weighted by Gasteiger charge is -2.51. The SMILES string of the molecule is O=C(O)C12C=CC(=O)C(O)(C(O)C(Oc3ccc4c(=O)c(-c5ccc(O)cc5)coc4c3)O1)C2O. The summed E-state index contributed by atoms with van der Waals surface area (Å²) in [7, 11) is 0. The van der Waals surface area contributed by atoms with Crippen molar-refractivity contribution in [3.8, 4) is 22.6 Å². The van der Waals surface area contributed by atoms with Crippen molar-refractivity contribution in [3.63, 3.8) is 0 Å². The number of ketones is 1. The van der Waals surface area contributed by atoms with E-state index >= 15 is 0 Å². The van der Waals surface area contributed by atoms with E-state index in [0.29, 0.717) is 5.56 Å². The number of aromatic hydroxyl groups is 1. The molecule has 0 amide bonds. The summed E-state index contributed by atoms with van der Waals surface area (Å²) >= 11 is 0. The highest BCUT2D eigenvalue weighted by atomic mass is 16.7. The van der Waals surface area contributed by atoms with Crippen LogP contribution in [-0.4, -0.2) is 67.0 Å². The van der Waals surface area contributed by atoms with E-state index in [9.17, 15) is 39.9 Å². The summed E-state index contributed by atoms with van der Waals surface area (Å²) < 4.78 is 16.4. The maximum Gasteiger partial charge on any atom is 0.343 e. The number of carbonyl (C=O) groups is 2. The van der Waals surface area contributed by atoms with Crippen LogP contribution in [0.2, 0.25) is 0 Å². The molecule has 1 aliphatic heterocycles. The van der Waals surface area contributed by atoms with Gasteiger partial charge in [-0.2, -0.15) is 0 Å². The Hall–Kier alpha value is -4.03. The van der Waals surface area contributed by atoms with Gasteiger partial charge in [-0.15, -0.1) is 0 Å². The molecule has 5 atom stereocenters. The number of aliphatic carboxylic acids is 1. The van der Waals surface area contributed by atoms with Crippen molar-refractivity contribution in [3.05, 3.63) is 71.1 Å². The van der Waals surface area contributed by atoms with Gasteiger partial charge in [0.25, 0.3) is 0 Å². The molecule has 11 heteroatoms. The van der Waals surface area contributed by atoms with Crippen molar-refractivity contribution in [1.82, 2.24) is 0 Å². The predicted octanol–water partition coefficient (Wildman–Crippen LogP) is 0.316. The Morgan fingerprint density at radius 1 is 1.06 bits per heavy atom. The van der Waals surface area contributed by atoms with E-state index in [4.69, 9.17) is 13.9 Å². The molecule has 5 N–H and O–H groups in total. The molecule has 2 aromatic carbocycles. The quantitative estimate of drug-likeness (QED) is 0.345. The van der Waals surface area contributed by atoms with Gasteiger partial charge in [-0.1, -0.05) is 12.1 Å². The van der Waals surface area contributed by atoms with Gasteiger partial charge in [-0.3, -0.25) is 9.59 Å². The molecule has 1 aromatic heterocycles. The third kappa shape index (κ3) is 3.25. The normalized spacial score (nSPS) is 29.8. The largest absolute Gasteiger partial charge is 0.508 e. The number of phenols is 1. The Bertz CT molecular complexity index is 1440. The first-order valence-corrected chi connectivity index (χ1v) is 10.3. The first kappa shape index (κ1) is 22.7. The highest BCUT2D eigenvalue weighted by molar-refractivity contribution is 6.02. The van der Waals surface area contributed by atoms with Crippen molar-refractivity contribution in [2.45, 2.75) is 29.7 Å². The van der Waals surface area contributed by atoms with Crippen LogP contribution in [-0.2, 0) is 14.3 Å². The lowest BCUT2D eigenvalue weighted by molar-refractivity contribution is -0.318. The molecule has 0 saturated carbocycles. The van der Waals surface area contributed by atoms with Gasteiger partial charge in [-0.05, 0) is 42.0 Å². The number of hydrogen-bond donors (Lipinski definition) is 5. The second-order valence-electron chi connectivity index (χ2n) is 8.26. The molecule has 2 bridgehead atoms. The Morgan fingerprint density at radius 3 is 2.46 bits per heavy atom. The Morgan fingerprint density at radius 2 is 1.77 bits per heavy atom. The van der Waals surface area contributed by atoms with Crippen LogP contribution in [0.4, 0.5) is 0 Å². The molecule has 2 heterocycles. The topological polar surface area (TPSA) is 184 Å². The first-order chi connectivity index (χ1) is 16.6. The Kier molecular flexibility index (Phi) is 5.04. The van der Waals surface area contributed by atoms with Crippen LogP contribution in [0.15, 0.2) is 70.1 Å². The zero-order valence-corrected chi connectivity index (χ0v) is 17.7. The fraction of sp³-hybridized carbons (Fsp3) is 0.208. The van der Waals surface area contributed by atoms with Crippen molar-refractivity contribution >= 4 is 22.7 Å². The summed E-state index contributed by atoms with van der Waals surface area (Å²) in [5.74, 6) is -2.83. The van der Waals surface area contributed by atoms with Crippen molar-refractivity contribution < 1.29 is 49.0 Å². The molecule has 11 nitrogen and oxygen atoms in total. The molecule has 3 aromatic rings. The minimum atomic E-state index is -2.89. The van der Waals surface area contributed by atoms with Crippen molar-refractivity contribution in [2.75, 3.05) is 0 Å². The monoisotopic (exact) mass is 482 g/mol. The van der Waals surface area contributed by atoms with Gasteiger partial charge in [0.15, 0.2) is 22.9 Å². The molecule has 1 saturated heterocycles. The second kappa shape index (κ2) is 7.75. The summed E-state index contributed by atoms with van der Waals surface area (Å²) in [4.78, 5) is 37.1. The number of carbonyl (C=O) groups excluding carboxylic acids is 1. The van der Waals surface area contributed by atoms with Crippen LogP contribution in [0.1, 0.15) is 0 Å². The summed E-state index contributed by atoms with van der Waals surface area (Å²) in [6, 6.07) is 9.94. The van der Waals surface area contributed by atoms with Gasteiger partial charge in [0.1, 0.15) is 29.4 Å². The van der Waals surface area contributed by atoms with Gasteiger partial charge >= 0.3 is 5.97 Å². The zero-order valence-electron chi connectivity index (χ0n) is 17.7. The van der Waals surface area contributed by atoms with Crippen LogP contribution in [0, 0.1) is 0 Å². The van der Waals surface area contributed by atoms with Crippen LogP contribution in [0.3, 0.4) is 0 Å². The number of carboxylic acid groups (broad SMARTS) is 1. The van der Waals surface area contributed by atoms with Crippen LogP contribution in [0.5, 0.6) is 11.5 Å². The number of ether oxygens (including phenoxy) is 2. The number of benzene rings is 2. The molecule has 5 unspecified atom stereocenters. The number of hydrogen-bond acceptors (Lipinski definition) is 10. The van der Waals surface area contributed by atoms with Gasteiger partial charge < -0.3 is 39.4 Å². The average molecular weight is 482 g/mol. The van der Waals surface area contributed by atoms with E-state index in [1.54, 1.807) is 12.1 Å². The summed E-state index contributed by atoms with van der Waals surface area (Å²) in [5.41, 5.74) is -4.95. The second-order valence-corrected chi connectivity index (χ2v) is 8.26. The number of fused-ring (bicyclic) bond motifs is 3. The number of carboxylic acids is 1. The molecule has 5 rings (SSSR count). The number of aliphatic hydroxyl groups is 3. The molecule has 1 fully saturated rings. The number of aliphatic hydroxyl groups excluding tert-OH is 2. The fourth-order valence-electron chi connectivity index (χ4n) is 4.24. The van der Waals surface area contributed by atoms with E-state index in [1.807, 2.05) is 0 Å². The molecule has 0 spiro atoms. The Labute approximate surface area is 195 Å². The highest BCUT2D eigenvalue weighted by Gasteiger charge is 2.69. The molecular formula is C24H18O11. The van der Waals surface area contributed by atoms with Gasteiger partial charge in [-0.25, -0.2) is 4.79 Å². The average Bonchev–Trinajstić information content (AvgIpc) is 2.83. The van der Waals surface area contributed by atoms with Crippen molar-refractivity contribution in [1.29, 1.82) is 0 Å². The third-order valence-corrected chi connectivity index (χ3v) is 6.23. The molecule has 0 radical (unpaired) electrons. The standard InChI is InChI=1S/C24H18O11/c25-12-3-1-11(2-4-12)15-10-33-16-9-13(5-6-14(16)18(15)27)34-20-19(28)24(32)17(26)7-8-23(35-20,21(24)29)22(30)31/h1-10,19-21,25,28-29,32H,(H,30,31). The van der Waals surface area contributed by atoms with E-state index in [1.165, 1.54) is 36.6 Å². The number of rotatable bonds is 4. The van der Waals surface area contributed by atoms with Crippen molar-refractivity contribution in [2.24, 2.45) is 0 Å². The van der Waals surface area contributed by atoms with E-state index in [-0.39, 0.29) is 33.5 Å². The minimum Gasteiger partial charge on any atom is -0.508 e. The van der Waals surface area contributed by atoms with Gasteiger partial charge in [0, 0.05) is 6.07 Å². The molecule has 180 valence electrons. The highest BCUT2D eigenvalue weighted by Crippen LogP contribution is 2.42. The predicted molar refractivity (Wildman–Crippen MR) is 117 cm³/mol.